The van der Waals surface area contributed by atoms with E-state index in [1.807, 2.05) is 6.92 Å². The van der Waals surface area contributed by atoms with Gasteiger partial charge in [0.1, 0.15) is 0 Å². The molecular formula is C11H26N2O. The molecule has 0 amide bonds. The third kappa shape index (κ3) is 3.95. The summed E-state index contributed by atoms with van der Waals surface area (Å²) in [6.45, 7) is 12.9. The van der Waals surface area contributed by atoms with Crippen LogP contribution >= 0.6 is 0 Å². The van der Waals surface area contributed by atoms with E-state index in [1.54, 1.807) is 0 Å². The Bertz CT molecular complexity index is 141. The maximum atomic E-state index is 5.83. The molecule has 14 heavy (non-hydrogen) atoms. The van der Waals surface area contributed by atoms with Crippen LogP contribution in [0, 0.1) is 0 Å². The lowest BCUT2D eigenvalue weighted by atomic mass is 10.0. The lowest BCUT2D eigenvalue weighted by Crippen LogP contribution is -2.55. The fourth-order valence-corrected chi connectivity index (χ4v) is 1.68. The average Bonchev–Trinajstić information content (AvgIpc) is 2.22. The molecule has 0 aliphatic carbocycles. The van der Waals surface area contributed by atoms with Crippen LogP contribution < -0.4 is 5.73 Å². The van der Waals surface area contributed by atoms with Crippen molar-refractivity contribution in [3.05, 3.63) is 0 Å². The summed E-state index contributed by atoms with van der Waals surface area (Å²) in [5, 5.41) is 0. The first kappa shape index (κ1) is 13.9. The van der Waals surface area contributed by atoms with Gasteiger partial charge in [0.2, 0.25) is 0 Å². The molecule has 0 aliphatic rings. The van der Waals surface area contributed by atoms with Gasteiger partial charge < -0.3 is 10.5 Å². The molecule has 0 aromatic rings. The first-order valence-corrected chi connectivity index (χ1v) is 5.67. The van der Waals surface area contributed by atoms with Crippen LogP contribution in [0.2, 0.25) is 0 Å². The predicted molar refractivity (Wildman–Crippen MR) is 61.5 cm³/mol. The van der Waals surface area contributed by atoms with E-state index in [0.29, 0.717) is 6.54 Å². The van der Waals surface area contributed by atoms with Crippen molar-refractivity contribution >= 4 is 0 Å². The van der Waals surface area contributed by atoms with Crippen LogP contribution in [0.4, 0.5) is 0 Å². The van der Waals surface area contributed by atoms with Crippen LogP contribution in [0.1, 0.15) is 34.1 Å². The summed E-state index contributed by atoms with van der Waals surface area (Å²) in [5.74, 6) is 0. The average molecular weight is 202 g/mol. The van der Waals surface area contributed by atoms with Gasteiger partial charge in [0.25, 0.3) is 0 Å². The number of hydrogen-bond acceptors (Lipinski definition) is 3. The first-order valence-electron chi connectivity index (χ1n) is 5.67. The molecule has 2 N–H and O–H groups in total. The summed E-state index contributed by atoms with van der Waals surface area (Å²) >= 11 is 0. The van der Waals surface area contributed by atoms with Gasteiger partial charge in [-0.3, -0.25) is 4.90 Å². The highest BCUT2D eigenvalue weighted by Gasteiger charge is 2.28. The Morgan fingerprint density at radius 2 is 1.93 bits per heavy atom. The van der Waals surface area contributed by atoms with Gasteiger partial charge in [-0.1, -0.05) is 13.8 Å². The zero-order valence-corrected chi connectivity index (χ0v) is 10.2. The maximum Gasteiger partial charge on any atom is 0.0659 e. The van der Waals surface area contributed by atoms with E-state index in [9.17, 15) is 0 Å². The highest BCUT2D eigenvalue weighted by molar-refractivity contribution is 4.86. The minimum absolute atomic E-state index is 0.000764. The zero-order valence-electron chi connectivity index (χ0n) is 10.2. The fraction of sp³-hybridized carbons (Fsp3) is 1.00. The van der Waals surface area contributed by atoms with E-state index in [1.165, 1.54) is 0 Å². The highest BCUT2D eigenvalue weighted by atomic mass is 16.5. The Morgan fingerprint density at radius 1 is 1.29 bits per heavy atom. The van der Waals surface area contributed by atoms with Crippen molar-refractivity contribution in [2.45, 2.75) is 39.7 Å². The van der Waals surface area contributed by atoms with Crippen LogP contribution in [0.25, 0.3) is 0 Å². The molecule has 3 nitrogen and oxygen atoms in total. The van der Waals surface area contributed by atoms with Gasteiger partial charge in [0.05, 0.1) is 12.1 Å². The molecule has 1 atom stereocenters. The largest absolute Gasteiger partial charge is 0.380 e. The van der Waals surface area contributed by atoms with Crippen LogP contribution in [-0.4, -0.2) is 43.3 Å². The van der Waals surface area contributed by atoms with Gasteiger partial charge in [-0.15, -0.1) is 0 Å². The predicted octanol–water partition coefficient (Wildman–Crippen LogP) is 1.47. The van der Waals surface area contributed by atoms with Crippen molar-refractivity contribution in [3.8, 4) is 0 Å². The highest BCUT2D eigenvalue weighted by Crippen LogP contribution is 2.14. The van der Waals surface area contributed by atoms with Gasteiger partial charge in [-0.05, 0) is 33.4 Å². The van der Waals surface area contributed by atoms with E-state index in [4.69, 9.17) is 10.5 Å². The number of nitrogens with two attached hydrogens (primary N) is 1. The Balaban J connectivity index is 4.28. The summed E-state index contributed by atoms with van der Waals surface area (Å²) in [6, 6.07) is 0. The minimum Gasteiger partial charge on any atom is -0.380 e. The summed E-state index contributed by atoms with van der Waals surface area (Å²) in [6.07, 6.45) is 1.16. The fourth-order valence-electron chi connectivity index (χ4n) is 1.68. The molecule has 0 bridgehead atoms. The molecule has 0 radical (unpaired) electrons. The molecule has 0 spiro atoms. The molecular weight excluding hydrogens is 176 g/mol. The summed E-state index contributed by atoms with van der Waals surface area (Å²) < 4.78 is 5.50. The number of ether oxygens (including phenoxy) is 1. The molecule has 0 saturated heterocycles. The summed E-state index contributed by atoms with van der Waals surface area (Å²) in [4.78, 5) is 2.41. The van der Waals surface area contributed by atoms with Crippen molar-refractivity contribution < 1.29 is 4.74 Å². The van der Waals surface area contributed by atoms with Crippen LogP contribution in [0.3, 0.4) is 0 Å². The summed E-state index contributed by atoms with van der Waals surface area (Å²) in [7, 11) is 0. The topological polar surface area (TPSA) is 38.5 Å². The van der Waals surface area contributed by atoms with Crippen molar-refractivity contribution in [2.24, 2.45) is 5.73 Å². The molecule has 0 aromatic carbocycles. The number of hydrogen-bond donors (Lipinski definition) is 1. The third-order valence-electron chi connectivity index (χ3n) is 2.70. The van der Waals surface area contributed by atoms with Crippen LogP contribution in [0.5, 0.6) is 0 Å². The molecule has 0 fully saturated rings. The second-order valence-electron chi connectivity index (χ2n) is 3.92. The normalized spacial score (nSPS) is 15.9. The zero-order chi connectivity index (χ0) is 11.0. The van der Waals surface area contributed by atoms with E-state index in [2.05, 4.69) is 25.7 Å². The SMILES string of the molecule is CCCN(CC)C(C)(CN)COCC. The van der Waals surface area contributed by atoms with Crippen molar-refractivity contribution in [1.82, 2.24) is 4.90 Å². The molecule has 0 heterocycles. The Morgan fingerprint density at radius 3 is 2.29 bits per heavy atom. The van der Waals surface area contributed by atoms with Crippen LogP contribution in [-0.2, 0) is 4.74 Å². The standard InChI is InChI=1S/C11H26N2O/c1-5-8-13(6-2)11(4,9-12)10-14-7-3/h5-10,12H2,1-4H3. The van der Waals surface area contributed by atoms with Gasteiger partial charge in [-0.25, -0.2) is 0 Å². The molecule has 0 rings (SSSR count). The van der Waals surface area contributed by atoms with E-state index < -0.39 is 0 Å². The van der Waals surface area contributed by atoms with Gasteiger partial charge in [0, 0.05) is 13.2 Å². The van der Waals surface area contributed by atoms with Gasteiger partial charge >= 0.3 is 0 Å². The Kier molecular flexibility index (Phi) is 7.15. The maximum absolute atomic E-state index is 5.83. The lowest BCUT2D eigenvalue weighted by Gasteiger charge is -2.39. The second-order valence-corrected chi connectivity index (χ2v) is 3.92. The second kappa shape index (κ2) is 7.21. The molecule has 1 unspecified atom stereocenters. The number of likely N-dealkylation sites (N-methyl/N-ethyl adjacent to an activating group) is 1. The van der Waals surface area contributed by atoms with Gasteiger partial charge in [-0.2, -0.15) is 0 Å². The van der Waals surface area contributed by atoms with E-state index in [-0.39, 0.29) is 5.54 Å². The number of nitrogens with zero attached hydrogens (tertiary/aromatic N) is 1. The Labute approximate surface area is 88.6 Å². The molecule has 0 saturated carbocycles. The number of rotatable bonds is 8. The van der Waals surface area contributed by atoms with Gasteiger partial charge in [0.15, 0.2) is 0 Å². The Hall–Kier alpha value is -0.120. The lowest BCUT2D eigenvalue weighted by molar-refractivity contribution is 0.0129. The molecule has 86 valence electrons. The smallest absolute Gasteiger partial charge is 0.0659 e. The quantitative estimate of drug-likeness (QED) is 0.648. The minimum atomic E-state index is 0.000764. The molecule has 3 heteroatoms. The monoisotopic (exact) mass is 202 g/mol. The summed E-state index contributed by atoms with van der Waals surface area (Å²) in [5.41, 5.74) is 5.83. The third-order valence-corrected chi connectivity index (χ3v) is 2.70. The van der Waals surface area contributed by atoms with Crippen molar-refractivity contribution in [3.63, 3.8) is 0 Å². The van der Waals surface area contributed by atoms with E-state index >= 15 is 0 Å². The van der Waals surface area contributed by atoms with Crippen molar-refractivity contribution in [1.29, 1.82) is 0 Å². The van der Waals surface area contributed by atoms with E-state index in [0.717, 1.165) is 32.7 Å². The van der Waals surface area contributed by atoms with Crippen LogP contribution in [0.15, 0.2) is 0 Å². The molecule has 0 aliphatic heterocycles. The van der Waals surface area contributed by atoms with Crippen molar-refractivity contribution in [2.75, 3.05) is 32.8 Å². The molecule has 0 aromatic heterocycles. The first-order chi connectivity index (χ1) is 6.64.